The first kappa shape index (κ1) is 11.6. The van der Waals surface area contributed by atoms with Crippen LogP contribution in [0.15, 0.2) is 34.9 Å². The van der Waals surface area contributed by atoms with Gasteiger partial charge in [-0.15, -0.1) is 0 Å². The van der Waals surface area contributed by atoms with Crippen LogP contribution in [0.1, 0.15) is 11.1 Å². The third kappa shape index (κ3) is 2.29. The molecular weight excluding hydrogens is 289 g/mol. The van der Waals surface area contributed by atoms with E-state index in [-0.39, 0.29) is 0 Å². The van der Waals surface area contributed by atoms with Crippen molar-refractivity contribution >= 4 is 27.5 Å². The highest BCUT2D eigenvalue weighted by Crippen LogP contribution is 2.20. The third-order valence-electron chi connectivity index (χ3n) is 2.34. The van der Waals surface area contributed by atoms with Gasteiger partial charge in [-0.1, -0.05) is 45.7 Å². The van der Waals surface area contributed by atoms with E-state index >= 15 is 0 Å². The summed E-state index contributed by atoms with van der Waals surface area (Å²) in [6, 6.07) is 7.99. The number of nitrogens with two attached hydrogens (primary N) is 1. The number of hydrogen-bond acceptors (Lipinski definition) is 2. The van der Waals surface area contributed by atoms with Crippen LogP contribution < -0.4 is 5.73 Å². The largest absolute Gasteiger partial charge is 0.326 e. The van der Waals surface area contributed by atoms with Gasteiger partial charge in [0.15, 0.2) is 0 Å². The Morgan fingerprint density at radius 2 is 2.06 bits per heavy atom. The minimum absolute atomic E-state index is 0.412. The Balaban J connectivity index is 2.27. The van der Waals surface area contributed by atoms with Crippen LogP contribution in [0.4, 0.5) is 0 Å². The predicted molar refractivity (Wildman–Crippen MR) is 68.4 cm³/mol. The average Bonchev–Trinajstić information content (AvgIpc) is 2.63. The van der Waals surface area contributed by atoms with E-state index < -0.39 is 0 Å². The molecular formula is C11H11BrClN3. The molecule has 1 heterocycles. The van der Waals surface area contributed by atoms with E-state index in [0.717, 1.165) is 15.6 Å². The quantitative estimate of drug-likeness (QED) is 0.947. The molecule has 5 heteroatoms. The molecule has 0 fully saturated rings. The van der Waals surface area contributed by atoms with Crippen LogP contribution in [-0.4, -0.2) is 9.78 Å². The van der Waals surface area contributed by atoms with Crippen molar-refractivity contribution < 1.29 is 0 Å². The molecule has 2 aromatic rings. The topological polar surface area (TPSA) is 43.8 Å². The molecule has 0 aliphatic carbocycles. The summed E-state index contributed by atoms with van der Waals surface area (Å²) in [7, 11) is 0. The van der Waals surface area contributed by atoms with Gasteiger partial charge in [0.25, 0.3) is 0 Å². The normalized spacial score (nSPS) is 10.7. The fourth-order valence-corrected chi connectivity index (χ4v) is 2.08. The van der Waals surface area contributed by atoms with E-state index in [2.05, 4.69) is 21.0 Å². The molecule has 0 radical (unpaired) electrons. The van der Waals surface area contributed by atoms with Gasteiger partial charge in [-0.2, -0.15) is 5.10 Å². The second-order valence-corrected chi connectivity index (χ2v) is 4.63. The summed E-state index contributed by atoms with van der Waals surface area (Å²) in [6.45, 7) is 1.05. The highest BCUT2D eigenvalue weighted by atomic mass is 79.9. The summed E-state index contributed by atoms with van der Waals surface area (Å²) in [5.74, 6) is 0. The molecule has 3 nitrogen and oxygen atoms in total. The van der Waals surface area contributed by atoms with Gasteiger partial charge in [-0.25, -0.2) is 4.68 Å². The molecule has 0 spiro atoms. The van der Waals surface area contributed by atoms with Crippen molar-refractivity contribution in [2.24, 2.45) is 5.73 Å². The third-order valence-corrected chi connectivity index (χ3v) is 3.55. The zero-order valence-electron chi connectivity index (χ0n) is 8.53. The minimum Gasteiger partial charge on any atom is -0.326 e. The molecule has 0 amide bonds. The summed E-state index contributed by atoms with van der Waals surface area (Å²) in [5.41, 5.74) is 7.54. The minimum atomic E-state index is 0.412. The van der Waals surface area contributed by atoms with Gasteiger partial charge in [0, 0.05) is 16.6 Å². The Morgan fingerprint density at radius 1 is 1.31 bits per heavy atom. The molecule has 0 aliphatic heterocycles. The monoisotopic (exact) mass is 299 g/mol. The van der Waals surface area contributed by atoms with E-state index in [4.69, 9.17) is 17.3 Å². The molecule has 0 aliphatic rings. The van der Waals surface area contributed by atoms with Gasteiger partial charge in [0.1, 0.15) is 5.15 Å². The Morgan fingerprint density at radius 3 is 2.69 bits per heavy atom. The second kappa shape index (κ2) is 4.99. The van der Waals surface area contributed by atoms with Crippen LogP contribution in [-0.2, 0) is 13.1 Å². The van der Waals surface area contributed by atoms with Crippen molar-refractivity contribution in [3.63, 3.8) is 0 Å². The Bertz CT molecular complexity index is 496. The van der Waals surface area contributed by atoms with Crippen molar-refractivity contribution in [2.75, 3.05) is 0 Å². The number of aromatic nitrogens is 2. The van der Waals surface area contributed by atoms with Gasteiger partial charge in [-0.05, 0) is 11.6 Å². The highest BCUT2D eigenvalue weighted by molar-refractivity contribution is 9.10. The Labute approximate surface area is 107 Å². The molecule has 0 saturated heterocycles. The predicted octanol–water partition coefficient (Wildman–Crippen LogP) is 2.81. The van der Waals surface area contributed by atoms with Crippen LogP contribution in [0.5, 0.6) is 0 Å². The lowest BCUT2D eigenvalue weighted by Gasteiger charge is -2.05. The van der Waals surface area contributed by atoms with Gasteiger partial charge >= 0.3 is 0 Å². The van der Waals surface area contributed by atoms with Crippen molar-refractivity contribution in [3.8, 4) is 0 Å². The number of rotatable bonds is 3. The molecule has 84 valence electrons. The zero-order chi connectivity index (χ0) is 11.5. The molecule has 0 atom stereocenters. The summed E-state index contributed by atoms with van der Waals surface area (Å²) >= 11 is 9.63. The summed E-state index contributed by atoms with van der Waals surface area (Å²) in [4.78, 5) is 0. The summed E-state index contributed by atoms with van der Waals surface area (Å²) < 4.78 is 2.79. The number of hydrogen-bond donors (Lipinski definition) is 1. The zero-order valence-corrected chi connectivity index (χ0v) is 10.9. The van der Waals surface area contributed by atoms with Gasteiger partial charge in [-0.3, -0.25) is 0 Å². The first-order chi connectivity index (χ1) is 7.72. The molecule has 2 N–H and O–H groups in total. The summed E-state index contributed by atoms with van der Waals surface area (Å²) in [6.07, 6.45) is 1.71. The molecule has 1 aromatic carbocycles. The second-order valence-electron chi connectivity index (χ2n) is 3.41. The van der Waals surface area contributed by atoms with Crippen LogP contribution >= 0.6 is 27.5 Å². The lowest BCUT2D eigenvalue weighted by molar-refractivity contribution is 0.685. The van der Waals surface area contributed by atoms with Crippen LogP contribution in [0.2, 0.25) is 5.15 Å². The van der Waals surface area contributed by atoms with Crippen molar-refractivity contribution in [1.82, 2.24) is 9.78 Å². The number of nitrogens with zero attached hydrogens (tertiary/aromatic N) is 2. The lowest BCUT2D eigenvalue weighted by Crippen LogP contribution is -2.03. The molecule has 0 unspecified atom stereocenters. The van der Waals surface area contributed by atoms with E-state index in [1.165, 1.54) is 0 Å². The maximum atomic E-state index is 6.13. The SMILES string of the molecule is NCc1cnn(Cc2ccccc2Br)c1Cl. The van der Waals surface area contributed by atoms with E-state index in [1.54, 1.807) is 10.9 Å². The smallest absolute Gasteiger partial charge is 0.131 e. The lowest BCUT2D eigenvalue weighted by atomic mass is 10.2. The van der Waals surface area contributed by atoms with Gasteiger partial charge in [0.05, 0.1) is 12.7 Å². The number of halogens is 2. The Kier molecular flexibility index (Phi) is 3.63. The fraction of sp³-hybridized carbons (Fsp3) is 0.182. The van der Waals surface area contributed by atoms with Crippen LogP contribution in [0.3, 0.4) is 0 Å². The number of benzene rings is 1. The molecule has 0 bridgehead atoms. The van der Waals surface area contributed by atoms with Crippen molar-refractivity contribution in [3.05, 3.63) is 51.2 Å². The van der Waals surface area contributed by atoms with E-state index in [0.29, 0.717) is 18.2 Å². The average molecular weight is 301 g/mol. The maximum Gasteiger partial charge on any atom is 0.131 e. The molecule has 2 rings (SSSR count). The van der Waals surface area contributed by atoms with E-state index in [9.17, 15) is 0 Å². The highest BCUT2D eigenvalue weighted by Gasteiger charge is 2.08. The molecule has 1 aromatic heterocycles. The maximum absolute atomic E-state index is 6.13. The van der Waals surface area contributed by atoms with Crippen LogP contribution in [0, 0.1) is 0 Å². The van der Waals surface area contributed by atoms with Gasteiger partial charge in [0.2, 0.25) is 0 Å². The van der Waals surface area contributed by atoms with Gasteiger partial charge < -0.3 is 5.73 Å². The van der Waals surface area contributed by atoms with E-state index in [1.807, 2.05) is 24.3 Å². The molecule has 16 heavy (non-hydrogen) atoms. The standard InChI is InChI=1S/C11H11BrClN3/c12-10-4-2-1-3-8(10)7-16-11(13)9(5-14)6-15-16/h1-4,6H,5,7,14H2. The first-order valence-electron chi connectivity index (χ1n) is 4.86. The fourth-order valence-electron chi connectivity index (χ4n) is 1.44. The van der Waals surface area contributed by atoms with Crippen LogP contribution in [0.25, 0.3) is 0 Å². The Hall–Kier alpha value is -0.840. The van der Waals surface area contributed by atoms with Crippen molar-refractivity contribution in [1.29, 1.82) is 0 Å². The summed E-state index contributed by atoms with van der Waals surface area (Å²) in [5, 5.41) is 4.82. The molecule has 0 saturated carbocycles. The van der Waals surface area contributed by atoms with Crippen molar-refractivity contribution in [2.45, 2.75) is 13.1 Å². The first-order valence-corrected chi connectivity index (χ1v) is 6.03.